The number of carbonyl (C=O) groups excluding carboxylic acids is 2. The Hall–Kier alpha value is -2.86. The van der Waals surface area contributed by atoms with Gasteiger partial charge in [-0.25, -0.2) is 0 Å². The van der Waals surface area contributed by atoms with Crippen LogP contribution in [-0.2, 0) is 32.1 Å². The molecule has 6 nitrogen and oxygen atoms in total. The lowest BCUT2D eigenvalue weighted by atomic mass is 10.0. The van der Waals surface area contributed by atoms with Crippen molar-refractivity contribution >= 4 is 11.9 Å². The van der Waals surface area contributed by atoms with Gasteiger partial charge in [0, 0.05) is 0 Å². The quantitative estimate of drug-likeness (QED) is 0.548. The van der Waals surface area contributed by atoms with E-state index in [-0.39, 0.29) is 24.9 Å². The van der Waals surface area contributed by atoms with E-state index in [1.165, 1.54) is 0 Å². The number of hydrogen-bond donors (Lipinski definition) is 2. The molecule has 0 unspecified atom stereocenters. The van der Waals surface area contributed by atoms with E-state index < -0.39 is 24.0 Å². The first kappa shape index (κ1) is 23.4. The number of nitrogens with one attached hydrogen (secondary N) is 1. The van der Waals surface area contributed by atoms with Crippen LogP contribution in [0.25, 0.3) is 0 Å². The molecule has 0 heterocycles. The maximum atomic E-state index is 12.8. The van der Waals surface area contributed by atoms with Crippen LogP contribution in [0.4, 0.5) is 0 Å². The number of carbonyl (C=O) groups is 2. The van der Waals surface area contributed by atoms with E-state index in [0.717, 1.165) is 11.1 Å². The van der Waals surface area contributed by atoms with E-state index in [1.807, 2.05) is 44.2 Å². The number of ether oxygens (including phenoxy) is 2. The van der Waals surface area contributed by atoms with Crippen LogP contribution in [0.3, 0.4) is 0 Å². The molecule has 2 rings (SSSR count). The van der Waals surface area contributed by atoms with Gasteiger partial charge in [-0.15, -0.1) is 0 Å². The van der Waals surface area contributed by atoms with Crippen molar-refractivity contribution in [3.63, 3.8) is 0 Å². The lowest BCUT2D eigenvalue weighted by Gasteiger charge is -2.25. The van der Waals surface area contributed by atoms with E-state index in [0.29, 0.717) is 12.8 Å². The van der Waals surface area contributed by atoms with Crippen LogP contribution in [0.15, 0.2) is 54.6 Å². The Morgan fingerprint density at radius 2 is 1.53 bits per heavy atom. The molecule has 0 aliphatic heterocycles. The SMILES string of the molecule is CCOC(=O)[C@H](Cc1ccc(O)cc1)N[C@@H](CC(C)C)C(=O)OCc1ccccc1. The molecule has 0 saturated carbocycles. The van der Waals surface area contributed by atoms with Gasteiger partial charge >= 0.3 is 11.9 Å². The van der Waals surface area contributed by atoms with Crippen molar-refractivity contribution in [2.75, 3.05) is 6.61 Å². The van der Waals surface area contributed by atoms with Crippen molar-refractivity contribution in [1.29, 1.82) is 0 Å². The topological polar surface area (TPSA) is 84.9 Å². The maximum Gasteiger partial charge on any atom is 0.323 e. The molecule has 0 amide bonds. The molecule has 0 aromatic heterocycles. The monoisotopic (exact) mass is 413 g/mol. The van der Waals surface area contributed by atoms with Crippen molar-refractivity contribution in [3.05, 3.63) is 65.7 Å². The first-order valence-electron chi connectivity index (χ1n) is 10.3. The summed E-state index contributed by atoms with van der Waals surface area (Å²) in [6.45, 7) is 6.20. The van der Waals surface area contributed by atoms with Crippen LogP contribution in [-0.4, -0.2) is 35.7 Å². The third kappa shape index (κ3) is 7.87. The normalized spacial score (nSPS) is 12.9. The molecule has 0 aliphatic rings. The minimum absolute atomic E-state index is 0.154. The fraction of sp³-hybridized carbons (Fsp3) is 0.417. The van der Waals surface area contributed by atoms with Gasteiger partial charge < -0.3 is 14.6 Å². The molecule has 2 aromatic carbocycles. The highest BCUT2D eigenvalue weighted by Gasteiger charge is 2.29. The summed E-state index contributed by atoms with van der Waals surface area (Å²) >= 11 is 0. The molecular formula is C24H31NO5. The third-order valence-electron chi connectivity index (χ3n) is 4.57. The fourth-order valence-electron chi connectivity index (χ4n) is 3.10. The fourth-order valence-corrected chi connectivity index (χ4v) is 3.10. The first-order chi connectivity index (χ1) is 14.4. The Morgan fingerprint density at radius 3 is 2.13 bits per heavy atom. The molecule has 2 N–H and O–H groups in total. The molecule has 162 valence electrons. The van der Waals surface area contributed by atoms with Gasteiger partial charge in [0.1, 0.15) is 24.4 Å². The third-order valence-corrected chi connectivity index (χ3v) is 4.57. The summed E-state index contributed by atoms with van der Waals surface area (Å²) < 4.78 is 10.7. The van der Waals surface area contributed by atoms with E-state index in [9.17, 15) is 14.7 Å². The Kier molecular flexibility index (Phi) is 9.35. The number of benzene rings is 2. The second kappa shape index (κ2) is 12.0. The summed E-state index contributed by atoms with van der Waals surface area (Å²) in [5, 5.41) is 12.6. The van der Waals surface area contributed by atoms with Crippen LogP contribution in [0.1, 0.15) is 38.3 Å². The standard InChI is InChI=1S/C24H31NO5/c1-4-29-23(27)22(15-18-10-12-20(26)13-11-18)25-21(14-17(2)3)24(28)30-16-19-8-6-5-7-9-19/h5-13,17,21-22,25-26H,4,14-16H2,1-3H3/t21-,22-/m0/s1. The lowest BCUT2D eigenvalue weighted by Crippen LogP contribution is -2.50. The van der Waals surface area contributed by atoms with Crippen LogP contribution in [0.2, 0.25) is 0 Å². The molecule has 2 atom stereocenters. The Balaban J connectivity index is 2.11. The summed E-state index contributed by atoms with van der Waals surface area (Å²) in [5.41, 5.74) is 1.75. The van der Waals surface area contributed by atoms with Crippen LogP contribution in [0, 0.1) is 5.92 Å². The average molecular weight is 414 g/mol. The molecule has 30 heavy (non-hydrogen) atoms. The number of phenolic OH excluding ortho intramolecular Hbond substituents is 1. The molecule has 0 radical (unpaired) electrons. The molecule has 2 aromatic rings. The van der Waals surface area contributed by atoms with Crippen LogP contribution < -0.4 is 5.32 Å². The number of aromatic hydroxyl groups is 1. The highest BCUT2D eigenvalue weighted by molar-refractivity contribution is 5.80. The van der Waals surface area contributed by atoms with Crippen molar-refractivity contribution in [1.82, 2.24) is 5.32 Å². The van der Waals surface area contributed by atoms with Gasteiger partial charge in [0.15, 0.2) is 0 Å². The molecule has 0 spiro atoms. The van der Waals surface area contributed by atoms with Gasteiger partial charge in [-0.05, 0) is 48.9 Å². The summed E-state index contributed by atoms with van der Waals surface area (Å²) in [5.74, 6) is -0.437. The highest BCUT2D eigenvalue weighted by atomic mass is 16.5. The highest BCUT2D eigenvalue weighted by Crippen LogP contribution is 2.15. The minimum Gasteiger partial charge on any atom is -0.508 e. The number of hydrogen-bond acceptors (Lipinski definition) is 6. The van der Waals surface area contributed by atoms with Gasteiger partial charge in [-0.3, -0.25) is 14.9 Å². The molecular weight excluding hydrogens is 382 g/mol. The minimum atomic E-state index is -0.706. The first-order valence-corrected chi connectivity index (χ1v) is 10.3. The zero-order chi connectivity index (χ0) is 21.9. The van der Waals surface area contributed by atoms with Crippen LogP contribution in [0.5, 0.6) is 5.75 Å². The van der Waals surface area contributed by atoms with Crippen molar-refractivity contribution in [3.8, 4) is 5.75 Å². The molecule has 0 fully saturated rings. The van der Waals surface area contributed by atoms with E-state index in [2.05, 4.69) is 5.32 Å². The van der Waals surface area contributed by atoms with Crippen LogP contribution >= 0.6 is 0 Å². The Bertz CT molecular complexity index is 789. The van der Waals surface area contributed by atoms with Crippen molar-refractivity contribution in [2.45, 2.75) is 52.3 Å². The molecule has 0 aliphatic carbocycles. The van der Waals surface area contributed by atoms with E-state index in [1.54, 1.807) is 31.2 Å². The average Bonchev–Trinajstić information content (AvgIpc) is 2.73. The number of esters is 2. The van der Waals surface area contributed by atoms with Gasteiger partial charge in [0.2, 0.25) is 0 Å². The number of rotatable bonds is 11. The smallest absolute Gasteiger partial charge is 0.323 e. The van der Waals surface area contributed by atoms with Gasteiger partial charge in [-0.2, -0.15) is 0 Å². The van der Waals surface area contributed by atoms with Gasteiger partial charge in [-0.1, -0.05) is 56.3 Å². The predicted octanol–water partition coefficient (Wildman–Crippen LogP) is 3.61. The zero-order valence-corrected chi connectivity index (χ0v) is 17.8. The number of phenols is 1. The van der Waals surface area contributed by atoms with Crippen molar-refractivity contribution in [2.24, 2.45) is 5.92 Å². The zero-order valence-electron chi connectivity index (χ0n) is 17.8. The predicted molar refractivity (Wildman–Crippen MR) is 115 cm³/mol. The second-order valence-electron chi connectivity index (χ2n) is 7.62. The second-order valence-corrected chi connectivity index (χ2v) is 7.62. The van der Waals surface area contributed by atoms with Crippen molar-refractivity contribution < 1.29 is 24.2 Å². The van der Waals surface area contributed by atoms with E-state index in [4.69, 9.17) is 9.47 Å². The van der Waals surface area contributed by atoms with E-state index >= 15 is 0 Å². The Labute approximate surface area is 178 Å². The molecule has 0 bridgehead atoms. The summed E-state index contributed by atoms with van der Waals surface area (Å²) in [7, 11) is 0. The van der Waals surface area contributed by atoms with Gasteiger partial charge in [0.05, 0.1) is 6.61 Å². The van der Waals surface area contributed by atoms with Gasteiger partial charge in [0.25, 0.3) is 0 Å². The lowest BCUT2D eigenvalue weighted by molar-refractivity contribution is -0.150. The Morgan fingerprint density at radius 1 is 0.900 bits per heavy atom. The maximum absolute atomic E-state index is 12.8. The summed E-state index contributed by atoms with van der Waals surface area (Å²) in [6, 6.07) is 14.7. The largest absolute Gasteiger partial charge is 0.508 e. The molecule has 0 saturated heterocycles. The summed E-state index contributed by atoms with van der Waals surface area (Å²) in [6.07, 6.45) is 0.860. The summed E-state index contributed by atoms with van der Waals surface area (Å²) in [4.78, 5) is 25.3. The molecule has 6 heteroatoms.